The Labute approximate surface area is 118 Å². The van der Waals surface area contributed by atoms with Gasteiger partial charge in [0.1, 0.15) is 0 Å². The Bertz CT molecular complexity index is 371. The largest absolute Gasteiger partial charge is 0.390 e. The van der Waals surface area contributed by atoms with Gasteiger partial charge in [-0.15, -0.1) is 0 Å². The van der Waals surface area contributed by atoms with Crippen LogP contribution in [0.4, 0.5) is 0 Å². The maximum atomic E-state index is 10.8. The van der Waals surface area contributed by atoms with E-state index >= 15 is 0 Å². The zero-order valence-corrected chi connectivity index (χ0v) is 12.4. The molecular weight excluding hydrogens is 232 g/mol. The van der Waals surface area contributed by atoms with Crippen LogP contribution in [0, 0.1) is 11.8 Å². The summed E-state index contributed by atoms with van der Waals surface area (Å²) in [5, 5.41) is 10.8. The highest BCUT2D eigenvalue weighted by Crippen LogP contribution is 2.38. The van der Waals surface area contributed by atoms with Crippen LogP contribution < -0.4 is 0 Å². The highest BCUT2D eigenvalue weighted by Gasteiger charge is 2.34. The molecule has 0 aromatic heterocycles. The Morgan fingerprint density at radius 1 is 1.26 bits per heavy atom. The average molecular weight is 260 g/mol. The third-order valence-corrected chi connectivity index (χ3v) is 4.75. The molecule has 0 aliphatic heterocycles. The van der Waals surface area contributed by atoms with Crippen LogP contribution in [0.15, 0.2) is 30.3 Å². The van der Waals surface area contributed by atoms with Crippen molar-refractivity contribution in [3.8, 4) is 0 Å². The van der Waals surface area contributed by atoms with Crippen LogP contribution in [0.3, 0.4) is 0 Å². The average Bonchev–Trinajstić information content (AvgIpc) is 2.40. The molecule has 2 atom stereocenters. The molecule has 2 rings (SSSR count). The monoisotopic (exact) mass is 260 g/mol. The van der Waals surface area contributed by atoms with Crippen LogP contribution in [0.2, 0.25) is 0 Å². The first kappa shape index (κ1) is 14.6. The first-order valence-electron chi connectivity index (χ1n) is 7.85. The lowest BCUT2D eigenvalue weighted by molar-refractivity contribution is -0.0323. The Balaban J connectivity index is 1.81. The molecule has 0 radical (unpaired) electrons. The molecule has 1 N–H and O–H groups in total. The van der Waals surface area contributed by atoms with E-state index in [1.54, 1.807) is 0 Å². The smallest absolute Gasteiger partial charge is 0.0650 e. The summed E-state index contributed by atoms with van der Waals surface area (Å²) in [5.41, 5.74) is 1.00. The van der Waals surface area contributed by atoms with Crippen molar-refractivity contribution >= 4 is 0 Å². The first-order valence-corrected chi connectivity index (χ1v) is 7.85. The predicted octanol–water partition coefficient (Wildman–Crippen LogP) is 4.59. The zero-order valence-electron chi connectivity index (χ0n) is 12.4. The summed E-state index contributed by atoms with van der Waals surface area (Å²) in [4.78, 5) is 0. The highest BCUT2D eigenvalue weighted by molar-refractivity contribution is 5.14. The lowest BCUT2D eigenvalue weighted by atomic mass is 9.72. The van der Waals surface area contributed by atoms with Gasteiger partial charge in [0.2, 0.25) is 0 Å². The minimum atomic E-state index is -0.387. The van der Waals surface area contributed by atoms with E-state index in [1.807, 2.05) is 0 Å². The van der Waals surface area contributed by atoms with Gasteiger partial charge in [-0.05, 0) is 55.9 Å². The van der Waals surface area contributed by atoms with Gasteiger partial charge in [0.15, 0.2) is 0 Å². The number of aliphatic hydroxyl groups is 1. The molecule has 1 heteroatoms. The predicted molar refractivity (Wildman–Crippen MR) is 81.1 cm³/mol. The molecule has 1 saturated carbocycles. The zero-order chi connectivity index (χ0) is 13.7. The van der Waals surface area contributed by atoms with Crippen LogP contribution in [0.1, 0.15) is 57.9 Å². The topological polar surface area (TPSA) is 20.2 Å². The minimum Gasteiger partial charge on any atom is -0.390 e. The molecule has 19 heavy (non-hydrogen) atoms. The van der Waals surface area contributed by atoms with E-state index in [4.69, 9.17) is 0 Å². The van der Waals surface area contributed by atoms with Crippen molar-refractivity contribution in [1.29, 1.82) is 0 Å². The number of rotatable bonds is 5. The lowest BCUT2D eigenvalue weighted by Crippen LogP contribution is -2.36. The summed E-state index contributed by atoms with van der Waals surface area (Å²) in [5.74, 6) is 1.43. The molecule has 1 aliphatic carbocycles. The second-order valence-electron chi connectivity index (χ2n) is 6.66. The van der Waals surface area contributed by atoms with E-state index < -0.39 is 0 Å². The Hall–Kier alpha value is -0.820. The summed E-state index contributed by atoms with van der Waals surface area (Å²) in [6.07, 6.45) is 7.68. The van der Waals surface area contributed by atoms with Gasteiger partial charge in [-0.3, -0.25) is 0 Å². The molecular formula is C18H28O. The van der Waals surface area contributed by atoms with Crippen molar-refractivity contribution in [2.24, 2.45) is 11.8 Å². The number of aryl methyl sites for hydroxylation is 1. The van der Waals surface area contributed by atoms with Crippen molar-refractivity contribution in [2.75, 3.05) is 0 Å². The summed E-state index contributed by atoms with van der Waals surface area (Å²) >= 11 is 0. The van der Waals surface area contributed by atoms with Gasteiger partial charge in [-0.25, -0.2) is 0 Å². The summed E-state index contributed by atoms with van der Waals surface area (Å²) in [7, 11) is 0. The molecule has 1 aromatic carbocycles. The Morgan fingerprint density at radius 2 is 2.00 bits per heavy atom. The number of benzene rings is 1. The fraction of sp³-hybridized carbons (Fsp3) is 0.667. The van der Waals surface area contributed by atoms with Gasteiger partial charge < -0.3 is 5.11 Å². The standard InChI is InChI=1S/C18H28O/c1-15(2)17-11-7-13-18(19,14-17)12-6-10-16-8-4-3-5-9-16/h3-5,8-9,15,17,19H,6-7,10-14H2,1-2H3. The second-order valence-corrected chi connectivity index (χ2v) is 6.66. The minimum absolute atomic E-state index is 0.387. The molecule has 1 aliphatic rings. The maximum absolute atomic E-state index is 10.8. The van der Waals surface area contributed by atoms with Crippen LogP contribution in [-0.2, 0) is 6.42 Å². The van der Waals surface area contributed by atoms with Gasteiger partial charge in [-0.2, -0.15) is 0 Å². The first-order chi connectivity index (χ1) is 9.09. The van der Waals surface area contributed by atoms with Crippen LogP contribution in [0.25, 0.3) is 0 Å². The van der Waals surface area contributed by atoms with E-state index in [0.29, 0.717) is 5.92 Å². The van der Waals surface area contributed by atoms with Crippen molar-refractivity contribution in [3.05, 3.63) is 35.9 Å². The fourth-order valence-corrected chi connectivity index (χ4v) is 3.45. The molecule has 0 heterocycles. The quantitative estimate of drug-likeness (QED) is 0.821. The van der Waals surface area contributed by atoms with E-state index in [9.17, 15) is 5.11 Å². The van der Waals surface area contributed by atoms with E-state index in [1.165, 1.54) is 18.4 Å². The molecule has 0 spiro atoms. The van der Waals surface area contributed by atoms with Gasteiger partial charge in [0.25, 0.3) is 0 Å². The van der Waals surface area contributed by atoms with Crippen molar-refractivity contribution in [2.45, 2.75) is 64.4 Å². The Kier molecular flexibility index (Phi) is 5.04. The van der Waals surface area contributed by atoms with Crippen molar-refractivity contribution in [1.82, 2.24) is 0 Å². The van der Waals surface area contributed by atoms with Crippen molar-refractivity contribution < 1.29 is 5.11 Å². The molecule has 106 valence electrons. The third-order valence-electron chi connectivity index (χ3n) is 4.75. The van der Waals surface area contributed by atoms with Gasteiger partial charge in [0, 0.05) is 0 Å². The summed E-state index contributed by atoms with van der Waals surface area (Å²) in [6, 6.07) is 10.6. The molecule has 1 fully saturated rings. The van der Waals surface area contributed by atoms with Gasteiger partial charge >= 0.3 is 0 Å². The fourth-order valence-electron chi connectivity index (χ4n) is 3.45. The number of hydrogen-bond acceptors (Lipinski definition) is 1. The van der Waals surface area contributed by atoms with Crippen LogP contribution in [0.5, 0.6) is 0 Å². The van der Waals surface area contributed by atoms with Gasteiger partial charge in [-0.1, -0.05) is 50.6 Å². The van der Waals surface area contributed by atoms with Crippen molar-refractivity contribution in [3.63, 3.8) is 0 Å². The molecule has 1 aromatic rings. The summed E-state index contributed by atoms with van der Waals surface area (Å²) in [6.45, 7) is 4.58. The second kappa shape index (κ2) is 6.56. The third kappa shape index (κ3) is 4.35. The molecule has 1 nitrogen and oxygen atoms in total. The van der Waals surface area contributed by atoms with E-state index in [2.05, 4.69) is 44.2 Å². The van der Waals surface area contributed by atoms with E-state index in [-0.39, 0.29) is 5.60 Å². The molecule has 0 bridgehead atoms. The molecule has 0 amide bonds. The maximum Gasteiger partial charge on any atom is 0.0650 e. The lowest BCUT2D eigenvalue weighted by Gasteiger charge is -2.38. The van der Waals surface area contributed by atoms with Crippen LogP contribution >= 0.6 is 0 Å². The molecule has 0 saturated heterocycles. The van der Waals surface area contributed by atoms with Crippen LogP contribution in [-0.4, -0.2) is 10.7 Å². The van der Waals surface area contributed by atoms with E-state index in [0.717, 1.165) is 38.0 Å². The summed E-state index contributed by atoms with van der Waals surface area (Å²) < 4.78 is 0. The normalized spacial score (nSPS) is 27.7. The molecule has 2 unspecified atom stereocenters. The SMILES string of the molecule is CC(C)C1CCCC(O)(CCCc2ccccc2)C1. The van der Waals surface area contributed by atoms with Gasteiger partial charge in [0.05, 0.1) is 5.60 Å². The highest BCUT2D eigenvalue weighted by atomic mass is 16.3. The Morgan fingerprint density at radius 3 is 2.68 bits per heavy atom. The number of hydrogen-bond donors (Lipinski definition) is 1.